The molecule has 0 radical (unpaired) electrons. The van der Waals surface area contributed by atoms with Gasteiger partial charge in [-0.3, -0.25) is 9.59 Å². The van der Waals surface area contributed by atoms with Crippen LogP contribution < -0.4 is 5.32 Å². The molecule has 6 heteroatoms. The molecule has 0 aromatic heterocycles. The zero-order chi connectivity index (χ0) is 20.5. The van der Waals surface area contributed by atoms with Gasteiger partial charge in [-0.2, -0.15) is 0 Å². The number of carbonyl (C=O) groups is 2. The van der Waals surface area contributed by atoms with Crippen LogP contribution in [-0.4, -0.2) is 29.3 Å². The van der Waals surface area contributed by atoms with Gasteiger partial charge in [0.1, 0.15) is 11.9 Å². The fraction of sp³-hybridized carbons (Fsp3) is 0.364. The van der Waals surface area contributed by atoms with Crippen LogP contribution in [0.4, 0.5) is 4.39 Å². The Morgan fingerprint density at radius 2 is 1.68 bits per heavy atom. The summed E-state index contributed by atoms with van der Waals surface area (Å²) in [4.78, 5) is 27.0. The smallest absolute Gasteiger partial charge is 0.242 e. The number of nitrogens with zero attached hydrogens (tertiary/aromatic N) is 1. The van der Waals surface area contributed by atoms with Crippen molar-refractivity contribution < 1.29 is 14.0 Å². The van der Waals surface area contributed by atoms with Gasteiger partial charge in [0, 0.05) is 18.1 Å². The lowest BCUT2D eigenvalue weighted by molar-refractivity contribution is -0.140. The maximum absolute atomic E-state index is 13.2. The van der Waals surface area contributed by atoms with E-state index in [4.69, 9.17) is 11.6 Å². The van der Waals surface area contributed by atoms with Gasteiger partial charge in [0.2, 0.25) is 11.8 Å². The first-order valence-corrected chi connectivity index (χ1v) is 9.84. The highest BCUT2D eigenvalue weighted by atomic mass is 35.5. The summed E-state index contributed by atoms with van der Waals surface area (Å²) in [5.74, 6) is -0.710. The molecule has 2 aromatic rings. The third kappa shape index (κ3) is 6.64. The number of rotatable bonds is 9. The lowest BCUT2D eigenvalue weighted by Gasteiger charge is -2.29. The van der Waals surface area contributed by atoms with E-state index in [-0.39, 0.29) is 30.6 Å². The first-order chi connectivity index (χ1) is 13.4. The van der Waals surface area contributed by atoms with Crippen LogP contribution in [0.2, 0.25) is 5.02 Å². The first-order valence-electron chi connectivity index (χ1n) is 9.46. The second-order valence-corrected chi connectivity index (χ2v) is 7.21. The van der Waals surface area contributed by atoms with Crippen LogP contribution in [0.5, 0.6) is 0 Å². The first kappa shape index (κ1) is 21.9. The van der Waals surface area contributed by atoms with Crippen LogP contribution in [0.3, 0.4) is 0 Å². The fourth-order valence-corrected chi connectivity index (χ4v) is 2.91. The number of hydrogen-bond donors (Lipinski definition) is 1. The Kier molecular flexibility index (Phi) is 8.45. The third-order valence-corrected chi connectivity index (χ3v) is 4.78. The maximum atomic E-state index is 13.2. The van der Waals surface area contributed by atoms with Gasteiger partial charge in [0.05, 0.1) is 6.42 Å². The Labute approximate surface area is 170 Å². The molecule has 0 aliphatic heterocycles. The van der Waals surface area contributed by atoms with Crippen molar-refractivity contribution >= 4 is 23.4 Å². The standard InChI is InChI=1S/C22H26ClFN2O2/c1-3-4-13-25-22(28)16(2)26(15-18-7-11-20(24)12-8-18)21(27)14-17-5-9-19(23)10-6-17/h5-12,16H,3-4,13-15H2,1-2H3,(H,25,28)/t16-/m0/s1. The highest BCUT2D eigenvalue weighted by Gasteiger charge is 2.26. The van der Waals surface area contributed by atoms with Gasteiger partial charge >= 0.3 is 0 Å². The minimum Gasteiger partial charge on any atom is -0.354 e. The lowest BCUT2D eigenvalue weighted by atomic mass is 10.1. The summed E-state index contributed by atoms with van der Waals surface area (Å²) >= 11 is 5.90. The summed E-state index contributed by atoms with van der Waals surface area (Å²) in [5.41, 5.74) is 1.58. The second kappa shape index (κ2) is 10.8. The third-order valence-electron chi connectivity index (χ3n) is 4.53. The Morgan fingerprint density at radius 3 is 2.29 bits per heavy atom. The number of hydrogen-bond acceptors (Lipinski definition) is 2. The van der Waals surface area contributed by atoms with Gasteiger partial charge in [0.25, 0.3) is 0 Å². The minimum absolute atomic E-state index is 0.158. The number of benzene rings is 2. The normalized spacial score (nSPS) is 11.7. The molecule has 0 spiro atoms. The molecule has 0 saturated carbocycles. The number of unbranched alkanes of at least 4 members (excludes halogenated alkanes) is 1. The topological polar surface area (TPSA) is 49.4 Å². The quantitative estimate of drug-likeness (QED) is 0.631. The zero-order valence-corrected chi connectivity index (χ0v) is 17.0. The monoisotopic (exact) mass is 404 g/mol. The molecular formula is C22H26ClFN2O2. The molecule has 0 unspecified atom stereocenters. The predicted octanol–water partition coefficient (Wildman–Crippen LogP) is 4.36. The molecule has 2 aromatic carbocycles. The van der Waals surface area contributed by atoms with Crippen LogP contribution in [0.25, 0.3) is 0 Å². The Morgan fingerprint density at radius 1 is 1.07 bits per heavy atom. The van der Waals surface area contributed by atoms with E-state index in [0.717, 1.165) is 24.0 Å². The van der Waals surface area contributed by atoms with Crippen molar-refractivity contribution in [3.05, 3.63) is 70.5 Å². The van der Waals surface area contributed by atoms with E-state index < -0.39 is 6.04 Å². The summed E-state index contributed by atoms with van der Waals surface area (Å²) < 4.78 is 13.2. The maximum Gasteiger partial charge on any atom is 0.242 e. The van der Waals surface area contributed by atoms with Crippen LogP contribution >= 0.6 is 11.6 Å². The summed E-state index contributed by atoms with van der Waals surface area (Å²) in [7, 11) is 0. The molecule has 1 N–H and O–H groups in total. The predicted molar refractivity (Wildman–Crippen MR) is 109 cm³/mol. The van der Waals surface area contributed by atoms with Crippen molar-refractivity contribution in [1.29, 1.82) is 0 Å². The van der Waals surface area contributed by atoms with Gasteiger partial charge in [-0.05, 0) is 48.7 Å². The number of amides is 2. The van der Waals surface area contributed by atoms with Crippen LogP contribution in [0.1, 0.15) is 37.8 Å². The molecule has 150 valence electrons. The molecule has 4 nitrogen and oxygen atoms in total. The Hall–Kier alpha value is -2.40. The van der Waals surface area contributed by atoms with Crippen molar-refractivity contribution in [2.45, 2.75) is 45.7 Å². The van der Waals surface area contributed by atoms with E-state index in [2.05, 4.69) is 5.32 Å². The van der Waals surface area contributed by atoms with E-state index in [1.165, 1.54) is 17.0 Å². The largest absolute Gasteiger partial charge is 0.354 e. The fourth-order valence-electron chi connectivity index (χ4n) is 2.78. The van der Waals surface area contributed by atoms with Crippen molar-refractivity contribution in [3.8, 4) is 0 Å². The van der Waals surface area contributed by atoms with Crippen molar-refractivity contribution in [2.75, 3.05) is 6.54 Å². The number of carbonyl (C=O) groups excluding carboxylic acids is 2. The van der Waals surface area contributed by atoms with Crippen LogP contribution in [-0.2, 0) is 22.6 Å². The van der Waals surface area contributed by atoms with Crippen LogP contribution in [0, 0.1) is 5.82 Å². The zero-order valence-electron chi connectivity index (χ0n) is 16.3. The number of nitrogens with one attached hydrogen (secondary N) is 1. The second-order valence-electron chi connectivity index (χ2n) is 6.77. The summed E-state index contributed by atoms with van der Waals surface area (Å²) in [5, 5.41) is 3.47. The molecule has 28 heavy (non-hydrogen) atoms. The molecule has 0 heterocycles. The molecule has 0 aliphatic rings. The highest BCUT2D eigenvalue weighted by molar-refractivity contribution is 6.30. The molecule has 0 fully saturated rings. The SMILES string of the molecule is CCCCNC(=O)[C@H](C)N(Cc1ccc(F)cc1)C(=O)Cc1ccc(Cl)cc1. The van der Waals surface area contributed by atoms with E-state index in [1.54, 1.807) is 43.3 Å². The summed E-state index contributed by atoms with van der Waals surface area (Å²) in [6.45, 7) is 4.57. The van der Waals surface area contributed by atoms with Crippen molar-refractivity contribution in [3.63, 3.8) is 0 Å². The minimum atomic E-state index is -0.637. The molecule has 2 rings (SSSR count). The Balaban J connectivity index is 2.15. The van der Waals surface area contributed by atoms with Gasteiger partial charge in [0.15, 0.2) is 0 Å². The van der Waals surface area contributed by atoms with Crippen molar-refractivity contribution in [2.24, 2.45) is 0 Å². The number of halogens is 2. The molecular weight excluding hydrogens is 379 g/mol. The Bertz CT molecular complexity index is 778. The van der Waals surface area contributed by atoms with E-state index in [9.17, 15) is 14.0 Å². The molecule has 0 saturated heterocycles. The van der Waals surface area contributed by atoms with Crippen LogP contribution in [0.15, 0.2) is 48.5 Å². The summed E-state index contributed by atoms with van der Waals surface area (Å²) in [6, 6.07) is 12.4. The molecule has 2 amide bonds. The van der Waals surface area contributed by atoms with Gasteiger partial charge in [-0.1, -0.05) is 49.2 Å². The van der Waals surface area contributed by atoms with E-state index in [1.807, 2.05) is 6.92 Å². The molecule has 0 bridgehead atoms. The van der Waals surface area contributed by atoms with Gasteiger partial charge < -0.3 is 10.2 Å². The molecule has 0 aliphatic carbocycles. The van der Waals surface area contributed by atoms with E-state index in [0.29, 0.717) is 11.6 Å². The van der Waals surface area contributed by atoms with Gasteiger partial charge in [-0.15, -0.1) is 0 Å². The van der Waals surface area contributed by atoms with E-state index >= 15 is 0 Å². The molecule has 1 atom stereocenters. The average molecular weight is 405 g/mol. The highest BCUT2D eigenvalue weighted by Crippen LogP contribution is 2.15. The van der Waals surface area contributed by atoms with Crippen molar-refractivity contribution in [1.82, 2.24) is 10.2 Å². The average Bonchev–Trinajstić information content (AvgIpc) is 2.68. The lowest BCUT2D eigenvalue weighted by Crippen LogP contribution is -2.48. The summed E-state index contributed by atoms with van der Waals surface area (Å²) in [6.07, 6.45) is 2.02. The van der Waals surface area contributed by atoms with Gasteiger partial charge in [-0.25, -0.2) is 4.39 Å².